The van der Waals surface area contributed by atoms with Crippen LogP contribution in [0, 0.1) is 5.92 Å². The molecule has 0 aliphatic carbocycles. The molecule has 2 rings (SSSR count). The first kappa shape index (κ1) is 18.3. The zero-order valence-electron chi connectivity index (χ0n) is 14.4. The zero-order valence-corrected chi connectivity index (χ0v) is 14.4. The van der Waals surface area contributed by atoms with E-state index in [9.17, 15) is 14.7 Å². The zero-order chi connectivity index (χ0) is 17.7. The normalized spacial score (nSPS) is 18.3. The van der Waals surface area contributed by atoms with Gasteiger partial charge in [0.2, 0.25) is 5.91 Å². The number of hydrogen-bond donors (Lipinski definition) is 2. The average molecular weight is 334 g/mol. The number of carboxylic acid groups (broad SMARTS) is 1. The largest absolute Gasteiger partial charge is 0.507 e. The van der Waals surface area contributed by atoms with Crippen molar-refractivity contribution in [2.24, 2.45) is 5.92 Å². The molecule has 1 unspecified atom stereocenters. The Labute approximate surface area is 142 Å². The summed E-state index contributed by atoms with van der Waals surface area (Å²) in [5, 5.41) is 18.7. The number of nitrogens with zero attached hydrogens (tertiary/aromatic N) is 2. The van der Waals surface area contributed by atoms with Gasteiger partial charge in [0.1, 0.15) is 11.3 Å². The molecule has 1 amide bonds. The molecule has 1 heterocycles. The van der Waals surface area contributed by atoms with Crippen LogP contribution in [-0.4, -0.2) is 59.1 Å². The molecule has 132 valence electrons. The Hall–Kier alpha value is -2.08. The topological polar surface area (TPSA) is 81.1 Å². The lowest BCUT2D eigenvalue weighted by atomic mass is 9.93. The molecule has 1 aliphatic heterocycles. The number of phenols is 1. The summed E-state index contributed by atoms with van der Waals surface area (Å²) in [6, 6.07) is 4.74. The number of piperidine rings is 1. The van der Waals surface area contributed by atoms with Gasteiger partial charge < -0.3 is 15.1 Å². The summed E-state index contributed by atoms with van der Waals surface area (Å²) in [6.45, 7) is 2.56. The molecule has 1 fully saturated rings. The molecular weight excluding hydrogens is 308 g/mol. The Bertz CT molecular complexity index is 601. The van der Waals surface area contributed by atoms with E-state index >= 15 is 0 Å². The molecule has 1 aromatic carbocycles. The Morgan fingerprint density at radius 3 is 2.75 bits per heavy atom. The van der Waals surface area contributed by atoms with Crippen molar-refractivity contribution in [1.82, 2.24) is 9.80 Å². The number of rotatable bonds is 6. The van der Waals surface area contributed by atoms with Gasteiger partial charge in [0.15, 0.2) is 0 Å². The standard InChI is InChI=1S/C18H26N2O4/c1-19(2)17(22)8-6-13-4-3-9-20(11-13)12-14-5-7-16(21)15(10-14)18(23)24/h5,7,10,13,21H,3-4,6,8-9,11-12H2,1-2H3,(H,23,24). The molecule has 6 nitrogen and oxygen atoms in total. The molecule has 1 atom stereocenters. The van der Waals surface area contributed by atoms with E-state index in [0.717, 1.165) is 37.9 Å². The number of carboxylic acids is 1. The minimum absolute atomic E-state index is 0.0577. The number of benzene rings is 1. The Balaban J connectivity index is 1.92. The van der Waals surface area contributed by atoms with Gasteiger partial charge in [-0.3, -0.25) is 9.69 Å². The summed E-state index contributed by atoms with van der Waals surface area (Å²) in [5.74, 6) is -0.659. The fourth-order valence-electron chi connectivity index (χ4n) is 3.19. The summed E-state index contributed by atoms with van der Waals surface area (Å²) in [4.78, 5) is 26.8. The average Bonchev–Trinajstić information content (AvgIpc) is 2.54. The van der Waals surface area contributed by atoms with E-state index in [1.165, 1.54) is 12.1 Å². The minimum atomic E-state index is -1.12. The highest BCUT2D eigenvalue weighted by atomic mass is 16.4. The summed E-state index contributed by atoms with van der Waals surface area (Å²) < 4.78 is 0. The summed E-state index contributed by atoms with van der Waals surface area (Å²) in [5.41, 5.74) is 0.827. The van der Waals surface area contributed by atoms with Crippen molar-refractivity contribution >= 4 is 11.9 Å². The first-order chi connectivity index (χ1) is 11.4. The van der Waals surface area contributed by atoms with E-state index < -0.39 is 5.97 Å². The predicted molar refractivity (Wildman–Crippen MR) is 91.0 cm³/mol. The number of aromatic carboxylic acids is 1. The van der Waals surface area contributed by atoms with Gasteiger partial charge in [0.25, 0.3) is 0 Å². The summed E-state index contributed by atoms with van der Waals surface area (Å²) in [6.07, 6.45) is 3.69. The van der Waals surface area contributed by atoms with Crippen molar-refractivity contribution in [2.75, 3.05) is 27.2 Å². The van der Waals surface area contributed by atoms with Gasteiger partial charge >= 0.3 is 5.97 Å². The van der Waals surface area contributed by atoms with E-state index in [1.807, 2.05) is 0 Å². The second kappa shape index (κ2) is 8.15. The lowest BCUT2D eigenvalue weighted by Crippen LogP contribution is -2.35. The van der Waals surface area contributed by atoms with Crippen molar-refractivity contribution in [3.63, 3.8) is 0 Å². The van der Waals surface area contributed by atoms with Crippen LogP contribution in [0.3, 0.4) is 0 Å². The highest BCUT2D eigenvalue weighted by molar-refractivity contribution is 5.90. The van der Waals surface area contributed by atoms with Crippen molar-refractivity contribution in [1.29, 1.82) is 0 Å². The SMILES string of the molecule is CN(C)C(=O)CCC1CCCN(Cc2ccc(O)c(C(=O)O)c2)C1. The number of carbonyl (C=O) groups is 2. The molecule has 6 heteroatoms. The van der Waals surface area contributed by atoms with Gasteiger partial charge in [-0.25, -0.2) is 4.79 Å². The van der Waals surface area contributed by atoms with E-state index in [0.29, 0.717) is 18.9 Å². The number of likely N-dealkylation sites (tertiary alicyclic amines) is 1. The van der Waals surface area contributed by atoms with E-state index in [2.05, 4.69) is 4.90 Å². The fraction of sp³-hybridized carbons (Fsp3) is 0.556. The number of hydrogen-bond acceptors (Lipinski definition) is 4. The molecule has 0 spiro atoms. The van der Waals surface area contributed by atoms with Crippen LogP contribution in [0.15, 0.2) is 18.2 Å². The highest BCUT2D eigenvalue weighted by Gasteiger charge is 2.21. The van der Waals surface area contributed by atoms with Gasteiger partial charge in [-0.05, 0) is 49.4 Å². The fourth-order valence-corrected chi connectivity index (χ4v) is 3.19. The van der Waals surface area contributed by atoms with Crippen LogP contribution in [-0.2, 0) is 11.3 Å². The van der Waals surface area contributed by atoms with Crippen molar-refractivity contribution in [3.8, 4) is 5.75 Å². The molecule has 0 radical (unpaired) electrons. The van der Waals surface area contributed by atoms with Crippen LogP contribution in [0.5, 0.6) is 5.75 Å². The molecule has 0 aromatic heterocycles. The lowest BCUT2D eigenvalue weighted by molar-refractivity contribution is -0.129. The van der Waals surface area contributed by atoms with Crippen molar-refractivity contribution in [3.05, 3.63) is 29.3 Å². The quantitative estimate of drug-likeness (QED) is 0.833. The Morgan fingerprint density at radius 2 is 2.08 bits per heavy atom. The smallest absolute Gasteiger partial charge is 0.339 e. The van der Waals surface area contributed by atoms with Gasteiger partial charge in [0.05, 0.1) is 0 Å². The first-order valence-corrected chi connectivity index (χ1v) is 8.34. The molecule has 2 N–H and O–H groups in total. The van der Waals surface area contributed by atoms with Gasteiger partial charge in [0, 0.05) is 33.6 Å². The Morgan fingerprint density at radius 1 is 1.33 bits per heavy atom. The third kappa shape index (κ3) is 4.96. The van der Waals surface area contributed by atoms with Crippen LogP contribution >= 0.6 is 0 Å². The molecule has 24 heavy (non-hydrogen) atoms. The van der Waals surface area contributed by atoms with E-state index in [4.69, 9.17) is 5.11 Å². The Kier molecular flexibility index (Phi) is 6.20. The first-order valence-electron chi connectivity index (χ1n) is 8.34. The molecular formula is C18H26N2O4. The van der Waals surface area contributed by atoms with Crippen LogP contribution < -0.4 is 0 Å². The van der Waals surface area contributed by atoms with E-state index in [1.54, 1.807) is 25.1 Å². The maximum absolute atomic E-state index is 11.7. The minimum Gasteiger partial charge on any atom is -0.507 e. The van der Waals surface area contributed by atoms with Crippen molar-refractivity contribution in [2.45, 2.75) is 32.2 Å². The third-order valence-electron chi connectivity index (χ3n) is 4.57. The van der Waals surface area contributed by atoms with Crippen LogP contribution in [0.4, 0.5) is 0 Å². The second-order valence-corrected chi connectivity index (χ2v) is 6.73. The molecule has 0 bridgehead atoms. The lowest BCUT2D eigenvalue weighted by Gasteiger charge is -2.33. The van der Waals surface area contributed by atoms with E-state index in [-0.39, 0.29) is 17.2 Å². The van der Waals surface area contributed by atoms with Gasteiger partial charge in [-0.2, -0.15) is 0 Å². The van der Waals surface area contributed by atoms with Gasteiger partial charge in [-0.1, -0.05) is 6.07 Å². The maximum Gasteiger partial charge on any atom is 0.339 e. The van der Waals surface area contributed by atoms with Gasteiger partial charge in [-0.15, -0.1) is 0 Å². The van der Waals surface area contributed by atoms with Crippen LogP contribution in [0.25, 0.3) is 0 Å². The number of carbonyl (C=O) groups excluding carboxylic acids is 1. The summed E-state index contributed by atoms with van der Waals surface area (Å²) >= 11 is 0. The molecule has 1 saturated heterocycles. The number of aromatic hydroxyl groups is 1. The molecule has 1 aromatic rings. The second-order valence-electron chi connectivity index (χ2n) is 6.73. The third-order valence-corrected chi connectivity index (χ3v) is 4.57. The summed E-state index contributed by atoms with van der Waals surface area (Å²) in [7, 11) is 3.56. The molecule has 0 saturated carbocycles. The highest BCUT2D eigenvalue weighted by Crippen LogP contribution is 2.24. The van der Waals surface area contributed by atoms with Crippen LogP contribution in [0.2, 0.25) is 0 Å². The molecule has 1 aliphatic rings. The monoisotopic (exact) mass is 334 g/mol. The predicted octanol–water partition coefficient (Wildman–Crippen LogP) is 2.17. The van der Waals surface area contributed by atoms with Crippen molar-refractivity contribution < 1.29 is 19.8 Å². The van der Waals surface area contributed by atoms with Crippen LogP contribution in [0.1, 0.15) is 41.6 Å². The number of amides is 1. The maximum atomic E-state index is 11.7.